The standard InChI is InChI=1S/C14H21N3O3S/c1-17(12-4-3-5-13(12)21(2,19)20)14(18)16-10-11-6-8-15-9-7-11/h6-9,12-13H,3-5,10H2,1-2H3,(H,16,18)/t12-,13-/m1/s1. The maximum absolute atomic E-state index is 12.2. The van der Waals surface area contributed by atoms with E-state index in [4.69, 9.17) is 0 Å². The van der Waals surface area contributed by atoms with Crippen molar-refractivity contribution in [1.29, 1.82) is 0 Å². The molecule has 21 heavy (non-hydrogen) atoms. The van der Waals surface area contributed by atoms with Crippen molar-refractivity contribution in [1.82, 2.24) is 15.2 Å². The van der Waals surface area contributed by atoms with Crippen LogP contribution in [0.2, 0.25) is 0 Å². The van der Waals surface area contributed by atoms with E-state index in [0.717, 1.165) is 18.4 Å². The van der Waals surface area contributed by atoms with Crippen molar-refractivity contribution in [2.45, 2.75) is 37.1 Å². The third-order valence-electron chi connectivity index (χ3n) is 3.98. The van der Waals surface area contributed by atoms with E-state index in [1.54, 1.807) is 19.4 Å². The molecule has 6 nitrogen and oxygen atoms in total. The number of sulfone groups is 1. The van der Waals surface area contributed by atoms with Crippen LogP contribution in [0.3, 0.4) is 0 Å². The smallest absolute Gasteiger partial charge is 0.317 e. The van der Waals surface area contributed by atoms with Gasteiger partial charge in [-0.2, -0.15) is 0 Å². The Labute approximate surface area is 125 Å². The second kappa shape index (κ2) is 6.43. The summed E-state index contributed by atoms with van der Waals surface area (Å²) >= 11 is 0. The lowest BCUT2D eigenvalue weighted by Gasteiger charge is -2.29. The largest absolute Gasteiger partial charge is 0.334 e. The number of carbonyl (C=O) groups excluding carboxylic acids is 1. The molecule has 1 heterocycles. The van der Waals surface area contributed by atoms with Crippen molar-refractivity contribution in [2.75, 3.05) is 13.3 Å². The summed E-state index contributed by atoms with van der Waals surface area (Å²) in [4.78, 5) is 17.6. The van der Waals surface area contributed by atoms with Crippen LogP contribution in [0.5, 0.6) is 0 Å². The molecule has 1 N–H and O–H groups in total. The van der Waals surface area contributed by atoms with Crippen molar-refractivity contribution in [2.24, 2.45) is 0 Å². The highest BCUT2D eigenvalue weighted by atomic mass is 32.2. The molecular weight excluding hydrogens is 290 g/mol. The predicted molar refractivity (Wildman–Crippen MR) is 80.5 cm³/mol. The lowest BCUT2D eigenvalue weighted by Crippen LogP contribution is -2.48. The fraction of sp³-hybridized carbons (Fsp3) is 0.571. The molecule has 2 amide bonds. The lowest BCUT2D eigenvalue weighted by molar-refractivity contribution is 0.191. The second-order valence-electron chi connectivity index (χ2n) is 5.49. The summed E-state index contributed by atoms with van der Waals surface area (Å²) in [5.74, 6) is 0. The second-order valence-corrected chi connectivity index (χ2v) is 7.76. The molecule has 0 unspecified atom stereocenters. The van der Waals surface area contributed by atoms with Gasteiger partial charge in [0.1, 0.15) is 0 Å². The number of aromatic nitrogens is 1. The summed E-state index contributed by atoms with van der Waals surface area (Å²) in [5.41, 5.74) is 0.956. The van der Waals surface area contributed by atoms with E-state index in [1.165, 1.54) is 11.2 Å². The Morgan fingerprint density at radius 2 is 2.05 bits per heavy atom. The first-order chi connectivity index (χ1) is 9.89. The average Bonchev–Trinajstić information content (AvgIpc) is 2.94. The maximum atomic E-state index is 12.2. The fourth-order valence-electron chi connectivity index (χ4n) is 2.80. The summed E-state index contributed by atoms with van der Waals surface area (Å²) in [6.07, 6.45) is 6.79. The van der Waals surface area contributed by atoms with Gasteiger partial charge < -0.3 is 10.2 Å². The third-order valence-corrected chi connectivity index (χ3v) is 5.63. The first-order valence-electron chi connectivity index (χ1n) is 6.98. The number of hydrogen-bond donors (Lipinski definition) is 1. The lowest BCUT2D eigenvalue weighted by atomic mass is 10.2. The molecule has 1 aromatic heterocycles. The van der Waals surface area contributed by atoms with Crippen LogP contribution in [0.15, 0.2) is 24.5 Å². The van der Waals surface area contributed by atoms with Crippen molar-refractivity contribution >= 4 is 15.9 Å². The molecule has 1 aliphatic rings. The molecule has 0 radical (unpaired) electrons. The van der Waals surface area contributed by atoms with Gasteiger partial charge in [0, 0.05) is 38.3 Å². The average molecular weight is 311 g/mol. The molecule has 0 bridgehead atoms. The van der Waals surface area contributed by atoms with Crippen LogP contribution in [-0.4, -0.2) is 48.9 Å². The molecule has 1 aromatic rings. The Kier molecular flexibility index (Phi) is 4.82. The minimum atomic E-state index is -3.13. The number of nitrogens with zero attached hydrogens (tertiary/aromatic N) is 2. The van der Waals surface area contributed by atoms with Gasteiger partial charge >= 0.3 is 6.03 Å². The summed E-state index contributed by atoms with van der Waals surface area (Å²) in [7, 11) is -1.46. The van der Waals surface area contributed by atoms with Crippen LogP contribution in [0, 0.1) is 0 Å². The van der Waals surface area contributed by atoms with Crippen LogP contribution in [0.1, 0.15) is 24.8 Å². The van der Waals surface area contributed by atoms with E-state index in [-0.39, 0.29) is 12.1 Å². The molecule has 7 heteroatoms. The first-order valence-corrected chi connectivity index (χ1v) is 8.93. The highest BCUT2D eigenvalue weighted by molar-refractivity contribution is 7.91. The quantitative estimate of drug-likeness (QED) is 0.906. The van der Waals surface area contributed by atoms with Gasteiger partial charge in [-0.15, -0.1) is 0 Å². The van der Waals surface area contributed by atoms with E-state index in [9.17, 15) is 13.2 Å². The molecular formula is C14H21N3O3S. The van der Waals surface area contributed by atoms with Crippen molar-refractivity contribution in [3.63, 3.8) is 0 Å². The topological polar surface area (TPSA) is 79.4 Å². The zero-order valence-corrected chi connectivity index (χ0v) is 13.1. The molecule has 2 rings (SSSR count). The number of carbonyl (C=O) groups is 1. The van der Waals surface area contributed by atoms with E-state index in [1.807, 2.05) is 12.1 Å². The van der Waals surface area contributed by atoms with Crippen molar-refractivity contribution in [3.05, 3.63) is 30.1 Å². The van der Waals surface area contributed by atoms with Crippen molar-refractivity contribution < 1.29 is 13.2 Å². The molecule has 0 aliphatic heterocycles. The minimum absolute atomic E-state index is 0.238. The van der Waals surface area contributed by atoms with Gasteiger partial charge in [-0.25, -0.2) is 13.2 Å². The highest BCUT2D eigenvalue weighted by Crippen LogP contribution is 2.28. The van der Waals surface area contributed by atoms with Crippen LogP contribution >= 0.6 is 0 Å². The van der Waals surface area contributed by atoms with Crippen LogP contribution in [0.25, 0.3) is 0 Å². The number of pyridine rings is 1. The third kappa shape index (κ3) is 3.93. The molecule has 0 spiro atoms. The van der Waals surface area contributed by atoms with Crippen LogP contribution in [0.4, 0.5) is 4.79 Å². The Morgan fingerprint density at radius 3 is 2.67 bits per heavy atom. The Morgan fingerprint density at radius 1 is 1.38 bits per heavy atom. The van der Waals surface area contributed by atoms with Gasteiger partial charge in [0.05, 0.1) is 5.25 Å². The predicted octanol–water partition coefficient (Wildman–Crippen LogP) is 1.19. The molecule has 1 fully saturated rings. The Hall–Kier alpha value is -1.63. The van der Waals surface area contributed by atoms with Gasteiger partial charge in [0.25, 0.3) is 0 Å². The molecule has 1 aliphatic carbocycles. The molecule has 2 atom stereocenters. The molecule has 0 saturated heterocycles. The minimum Gasteiger partial charge on any atom is -0.334 e. The maximum Gasteiger partial charge on any atom is 0.317 e. The first kappa shape index (κ1) is 15.8. The van der Waals surface area contributed by atoms with E-state index in [0.29, 0.717) is 13.0 Å². The van der Waals surface area contributed by atoms with Crippen molar-refractivity contribution in [3.8, 4) is 0 Å². The molecule has 0 aromatic carbocycles. The van der Waals surface area contributed by atoms with E-state index in [2.05, 4.69) is 10.3 Å². The number of urea groups is 1. The van der Waals surface area contributed by atoms with Gasteiger partial charge in [0.2, 0.25) is 0 Å². The number of amides is 2. The number of rotatable bonds is 4. The fourth-order valence-corrected chi connectivity index (χ4v) is 4.29. The number of nitrogens with one attached hydrogen (secondary N) is 1. The highest BCUT2D eigenvalue weighted by Gasteiger charge is 2.38. The van der Waals surface area contributed by atoms with Crippen LogP contribution < -0.4 is 5.32 Å². The Balaban J connectivity index is 1.96. The van der Waals surface area contributed by atoms with E-state index >= 15 is 0 Å². The van der Waals surface area contributed by atoms with Gasteiger partial charge in [-0.3, -0.25) is 4.98 Å². The zero-order valence-electron chi connectivity index (χ0n) is 12.3. The summed E-state index contributed by atoms with van der Waals surface area (Å²) in [6.45, 7) is 0.405. The normalized spacial score (nSPS) is 22.0. The van der Waals surface area contributed by atoms with Gasteiger partial charge in [0.15, 0.2) is 9.84 Å². The van der Waals surface area contributed by atoms with Gasteiger partial charge in [-0.1, -0.05) is 0 Å². The van der Waals surface area contributed by atoms with E-state index < -0.39 is 15.1 Å². The summed E-state index contributed by atoms with van der Waals surface area (Å²) < 4.78 is 23.6. The Bertz CT molecular complexity index is 589. The van der Waals surface area contributed by atoms with Gasteiger partial charge in [-0.05, 0) is 37.0 Å². The SMILES string of the molecule is CN(C(=O)NCc1ccncc1)[C@@H]1CCC[C@H]1S(C)(=O)=O. The zero-order chi connectivity index (χ0) is 15.5. The monoisotopic (exact) mass is 311 g/mol. The van der Waals surface area contributed by atoms with Crippen LogP contribution in [-0.2, 0) is 16.4 Å². The summed E-state index contributed by atoms with van der Waals surface area (Å²) in [6, 6.07) is 3.18. The molecule has 116 valence electrons. The number of hydrogen-bond acceptors (Lipinski definition) is 4. The molecule has 1 saturated carbocycles. The summed E-state index contributed by atoms with van der Waals surface area (Å²) in [5, 5.41) is 2.36.